The van der Waals surface area contributed by atoms with Gasteiger partial charge in [-0.2, -0.15) is 0 Å². The van der Waals surface area contributed by atoms with Crippen molar-refractivity contribution in [2.24, 2.45) is 0 Å². The van der Waals surface area contributed by atoms with Crippen LogP contribution in [0.5, 0.6) is 11.5 Å². The lowest BCUT2D eigenvalue weighted by Gasteiger charge is -2.12. The predicted molar refractivity (Wildman–Crippen MR) is 101 cm³/mol. The first-order valence-corrected chi connectivity index (χ1v) is 8.52. The summed E-state index contributed by atoms with van der Waals surface area (Å²) in [5, 5.41) is 2.68. The number of ether oxygens (including phenoxy) is 2. The van der Waals surface area contributed by atoms with Crippen LogP contribution in [-0.4, -0.2) is 23.5 Å². The van der Waals surface area contributed by atoms with Gasteiger partial charge in [-0.25, -0.2) is 9.18 Å². The molecule has 1 N–H and O–H groups in total. The van der Waals surface area contributed by atoms with Gasteiger partial charge in [0.1, 0.15) is 17.3 Å². The zero-order valence-corrected chi connectivity index (χ0v) is 15.0. The van der Waals surface area contributed by atoms with Gasteiger partial charge in [0.25, 0.3) is 5.91 Å². The van der Waals surface area contributed by atoms with Crippen LogP contribution in [0.1, 0.15) is 27.6 Å². The maximum Gasteiger partial charge on any atom is 0.338 e. The van der Waals surface area contributed by atoms with Crippen LogP contribution in [0.25, 0.3) is 0 Å². The fourth-order valence-corrected chi connectivity index (χ4v) is 2.41. The third-order valence-electron chi connectivity index (χ3n) is 3.65. The van der Waals surface area contributed by atoms with Gasteiger partial charge in [-0.05, 0) is 55.5 Å². The molecule has 1 amide bonds. The third kappa shape index (κ3) is 4.91. The number of hydrogen-bond acceptors (Lipinski definition) is 5. The van der Waals surface area contributed by atoms with E-state index in [-0.39, 0.29) is 17.7 Å². The van der Waals surface area contributed by atoms with E-state index in [0.717, 1.165) is 0 Å². The Bertz CT molecular complexity index is 975. The number of amides is 1. The third-order valence-corrected chi connectivity index (χ3v) is 3.65. The van der Waals surface area contributed by atoms with Crippen LogP contribution in [0.4, 0.5) is 10.1 Å². The van der Waals surface area contributed by atoms with Gasteiger partial charge in [-0.15, -0.1) is 0 Å². The first-order valence-electron chi connectivity index (χ1n) is 8.52. The molecule has 142 valence electrons. The van der Waals surface area contributed by atoms with Gasteiger partial charge in [-0.3, -0.25) is 9.78 Å². The van der Waals surface area contributed by atoms with Crippen LogP contribution in [0.3, 0.4) is 0 Å². The molecule has 0 saturated heterocycles. The first kappa shape index (κ1) is 19.0. The smallest absolute Gasteiger partial charge is 0.338 e. The molecule has 0 unspecified atom stereocenters. The number of nitrogens with zero attached hydrogens (tertiary/aromatic N) is 1. The highest BCUT2D eigenvalue weighted by atomic mass is 19.1. The highest BCUT2D eigenvalue weighted by Crippen LogP contribution is 2.26. The van der Waals surface area contributed by atoms with Gasteiger partial charge in [0.05, 0.1) is 18.4 Å². The monoisotopic (exact) mass is 380 g/mol. The number of aromatic nitrogens is 1. The Balaban J connectivity index is 1.88. The van der Waals surface area contributed by atoms with Crippen molar-refractivity contribution in [2.45, 2.75) is 6.92 Å². The van der Waals surface area contributed by atoms with Crippen molar-refractivity contribution < 1.29 is 23.5 Å². The fourth-order valence-electron chi connectivity index (χ4n) is 2.41. The number of rotatable bonds is 6. The molecule has 1 heterocycles. The molecule has 0 bridgehead atoms. The van der Waals surface area contributed by atoms with Crippen molar-refractivity contribution in [1.82, 2.24) is 4.98 Å². The number of carbonyl (C=O) groups is 2. The van der Waals surface area contributed by atoms with Crippen molar-refractivity contribution in [3.63, 3.8) is 0 Å². The summed E-state index contributed by atoms with van der Waals surface area (Å²) in [7, 11) is 0. The van der Waals surface area contributed by atoms with E-state index in [0.29, 0.717) is 17.2 Å². The van der Waals surface area contributed by atoms with Gasteiger partial charge in [0.15, 0.2) is 0 Å². The highest BCUT2D eigenvalue weighted by molar-refractivity contribution is 6.05. The van der Waals surface area contributed by atoms with Gasteiger partial charge in [0.2, 0.25) is 0 Å². The molecule has 0 atom stereocenters. The van der Waals surface area contributed by atoms with Gasteiger partial charge in [-0.1, -0.05) is 0 Å². The Morgan fingerprint density at radius 2 is 1.82 bits per heavy atom. The van der Waals surface area contributed by atoms with E-state index >= 15 is 0 Å². The summed E-state index contributed by atoms with van der Waals surface area (Å²) in [5.41, 5.74) is 0.828. The lowest BCUT2D eigenvalue weighted by Crippen LogP contribution is -2.13. The van der Waals surface area contributed by atoms with Crippen LogP contribution in [0.15, 0.2) is 67.0 Å². The maximum absolute atomic E-state index is 13.0. The summed E-state index contributed by atoms with van der Waals surface area (Å²) in [5.74, 6) is -0.634. The van der Waals surface area contributed by atoms with Crippen molar-refractivity contribution in [3.05, 3.63) is 83.9 Å². The number of esters is 1. The van der Waals surface area contributed by atoms with Gasteiger partial charge >= 0.3 is 5.97 Å². The zero-order chi connectivity index (χ0) is 19.9. The predicted octanol–water partition coefficient (Wildman–Crippen LogP) is 4.44. The zero-order valence-electron chi connectivity index (χ0n) is 15.0. The molecule has 3 rings (SSSR count). The Hall–Kier alpha value is -3.74. The number of halogens is 1. The number of carbonyl (C=O) groups excluding carboxylic acids is 2. The van der Waals surface area contributed by atoms with E-state index < -0.39 is 17.7 Å². The van der Waals surface area contributed by atoms with E-state index in [1.807, 2.05) is 0 Å². The normalized spacial score (nSPS) is 10.2. The first-order chi connectivity index (χ1) is 13.5. The fraction of sp³-hybridized carbons (Fsp3) is 0.0952. The van der Waals surface area contributed by atoms with Gasteiger partial charge in [0, 0.05) is 23.5 Å². The standard InChI is InChI=1S/C21H17FN2O4/c1-2-27-21(26)15-10-17(24-20(25)14-5-7-16(22)8-6-14)12-19(11-15)28-18-4-3-9-23-13-18/h3-13H,2H2,1H3,(H,24,25). The van der Waals surface area contributed by atoms with E-state index in [1.54, 1.807) is 31.3 Å². The Kier molecular flexibility index (Phi) is 5.96. The molecular formula is C21H17FN2O4. The van der Waals surface area contributed by atoms with Crippen LogP contribution in [0, 0.1) is 5.82 Å². The number of benzene rings is 2. The van der Waals surface area contributed by atoms with Crippen LogP contribution >= 0.6 is 0 Å². The molecule has 3 aromatic rings. The molecule has 0 aliphatic carbocycles. The average molecular weight is 380 g/mol. The minimum Gasteiger partial charge on any atom is -0.462 e. The summed E-state index contributed by atoms with van der Waals surface area (Å²) in [6.07, 6.45) is 3.13. The lowest BCUT2D eigenvalue weighted by molar-refractivity contribution is 0.0526. The van der Waals surface area contributed by atoms with Crippen molar-refractivity contribution in [1.29, 1.82) is 0 Å². The molecule has 6 nitrogen and oxygen atoms in total. The molecule has 0 fully saturated rings. The largest absolute Gasteiger partial charge is 0.462 e. The Morgan fingerprint density at radius 1 is 1.04 bits per heavy atom. The lowest BCUT2D eigenvalue weighted by atomic mass is 10.1. The van der Waals surface area contributed by atoms with Crippen molar-refractivity contribution in [2.75, 3.05) is 11.9 Å². The summed E-state index contributed by atoms with van der Waals surface area (Å²) in [6, 6.07) is 13.1. The summed E-state index contributed by atoms with van der Waals surface area (Å²) >= 11 is 0. The second kappa shape index (κ2) is 8.77. The maximum atomic E-state index is 13.0. The molecular weight excluding hydrogens is 363 g/mol. The minimum atomic E-state index is -0.545. The number of hydrogen-bond donors (Lipinski definition) is 1. The summed E-state index contributed by atoms with van der Waals surface area (Å²) in [4.78, 5) is 28.5. The minimum absolute atomic E-state index is 0.212. The Morgan fingerprint density at radius 3 is 2.50 bits per heavy atom. The number of pyridine rings is 1. The SMILES string of the molecule is CCOC(=O)c1cc(NC(=O)c2ccc(F)cc2)cc(Oc2cccnc2)c1. The Labute approximate surface area is 160 Å². The molecule has 0 radical (unpaired) electrons. The van der Waals surface area contributed by atoms with E-state index in [2.05, 4.69) is 10.3 Å². The topological polar surface area (TPSA) is 77.5 Å². The number of nitrogens with one attached hydrogen (secondary N) is 1. The molecule has 28 heavy (non-hydrogen) atoms. The van der Waals surface area contributed by atoms with E-state index in [9.17, 15) is 14.0 Å². The molecule has 2 aromatic carbocycles. The van der Waals surface area contributed by atoms with E-state index in [1.165, 1.54) is 42.6 Å². The van der Waals surface area contributed by atoms with Crippen LogP contribution < -0.4 is 10.1 Å². The molecule has 0 aliphatic rings. The molecule has 7 heteroatoms. The highest BCUT2D eigenvalue weighted by Gasteiger charge is 2.13. The summed E-state index contributed by atoms with van der Waals surface area (Å²) < 4.78 is 23.8. The molecule has 0 aliphatic heterocycles. The number of anilines is 1. The quantitative estimate of drug-likeness (QED) is 0.640. The van der Waals surface area contributed by atoms with Gasteiger partial charge < -0.3 is 14.8 Å². The summed E-state index contributed by atoms with van der Waals surface area (Å²) in [6.45, 7) is 1.91. The molecule has 0 saturated carbocycles. The molecule has 1 aromatic heterocycles. The van der Waals surface area contributed by atoms with E-state index in [4.69, 9.17) is 9.47 Å². The van der Waals surface area contributed by atoms with Crippen LogP contribution in [-0.2, 0) is 4.74 Å². The van der Waals surface area contributed by atoms with Crippen molar-refractivity contribution >= 4 is 17.6 Å². The average Bonchev–Trinajstić information content (AvgIpc) is 2.69. The van der Waals surface area contributed by atoms with Crippen molar-refractivity contribution in [3.8, 4) is 11.5 Å². The second-order valence-electron chi connectivity index (χ2n) is 5.72. The molecule has 0 spiro atoms. The van der Waals surface area contributed by atoms with Crippen LogP contribution in [0.2, 0.25) is 0 Å². The second-order valence-corrected chi connectivity index (χ2v) is 5.72.